The van der Waals surface area contributed by atoms with Crippen LogP contribution in [-0.4, -0.2) is 18.0 Å². The predicted octanol–water partition coefficient (Wildman–Crippen LogP) is 3.77. The van der Waals surface area contributed by atoms with Gasteiger partial charge in [0.25, 0.3) is 0 Å². The van der Waals surface area contributed by atoms with Gasteiger partial charge in [-0.25, -0.2) is 0 Å². The summed E-state index contributed by atoms with van der Waals surface area (Å²) in [7, 11) is 0. The van der Waals surface area contributed by atoms with Crippen LogP contribution in [0.1, 0.15) is 0 Å². The van der Waals surface area contributed by atoms with E-state index in [0.717, 1.165) is 22.6 Å². The number of hydrogen-bond acceptors (Lipinski definition) is 0. The second kappa shape index (κ2) is 3.62. The van der Waals surface area contributed by atoms with Crippen LogP contribution in [0, 0.1) is 0 Å². The summed E-state index contributed by atoms with van der Waals surface area (Å²) in [5.41, 5.74) is 0. The van der Waals surface area contributed by atoms with E-state index in [1.165, 1.54) is 0 Å². The van der Waals surface area contributed by atoms with E-state index in [1.54, 1.807) is 0 Å². The summed E-state index contributed by atoms with van der Waals surface area (Å²) in [5, 5.41) is 0. The third-order valence-electron chi connectivity index (χ3n) is 1.05. The van der Waals surface area contributed by atoms with Crippen molar-refractivity contribution in [2.75, 3.05) is 0 Å². The monoisotopic (exact) mass is 322 g/mol. The molecular formula is C5H2F7I. The molecule has 0 aliphatic heterocycles. The Balaban J connectivity index is 5.03. The van der Waals surface area contributed by atoms with Crippen LogP contribution in [0.2, 0.25) is 0 Å². The molecule has 0 heterocycles. The maximum atomic E-state index is 12.1. The molecule has 0 bridgehead atoms. The smallest absolute Gasteiger partial charge is 0.195 e. The normalized spacial score (nSPS) is 15.4. The lowest BCUT2D eigenvalue weighted by molar-refractivity contribution is -0.341. The number of halogens is 8. The Labute approximate surface area is 81.9 Å². The molecule has 0 N–H and O–H groups in total. The summed E-state index contributed by atoms with van der Waals surface area (Å²) in [6, 6.07) is 0. The first-order valence-electron chi connectivity index (χ1n) is 2.66. The Morgan fingerprint density at radius 1 is 0.846 bits per heavy atom. The third kappa shape index (κ3) is 2.47. The molecule has 0 saturated heterocycles. The highest BCUT2D eigenvalue weighted by molar-refractivity contribution is 14.1. The zero-order valence-corrected chi connectivity index (χ0v) is 7.84. The first-order valence-corrected chi connectivity index (χ1v) is 3.91. The van der Waals surface area contributed by atoms with Crippen LogP contribution in [0.3, 0.4) is 0 Å². The van der Waals surface area contributed by atoms with Gasteiger partial charge in [0.05, 0.1) is 0 Å². The van der Waals surface area contributed by atoms with Crippen LogP contribution in [0.5, 0.6) is 0 Å². The van der Waals surface area contributed by atoms with Gasteiger partial charge in [0, 0.05) is 0 Å². The Hall–Kier alpha value is -0.0200. The Morgan fingerprint density at radius 2 is 1.23 bits per heavy atom. The van der Waals surface area contributed by atoms with Crippen LogP contribution >= 0.6 is 22.6 Å². The van der Waals surface area contributed by atoms with Gasteiger partial charge >= 0.3 is 18.0 Å². The fourth-order valence-electron chi connectivity index (χ4n) is 0.373. The van der Waals surface area contributed by atoms with Crippen molar-refractivity contribution in [2.45, 2.75) is 18.0 Å². The Bertz CT molecular complexity index is 203. The minimum absolute atomic E-state index is 0.400. The van der Waals surface area contributed by atoms with E-state index in [0.29, 0.717) is 4.08 Å². The minimum atomic E-state index is -6.26. The summed E-state index contributed by atoms with van der Waals surface area (Å²) < 4.78 is 82.8. The standard InChI is InChI=1S/C5H2F7I/c6-3(7,1-2-13)4(8,9)5(10,11)12/h1-2H/b2-1+. The van der Waals surface area contributed by atoms with Crippen molar-refractivity contribution in [3.63, 3.8) is 0 Å². The summed E-state index contributed by atoms with van der Waals surface area (Å²) in [6.07, 6.45) is -6.76. The largest absolute Gasteiger partial charge is 0.460 e. The van der Waals surface area contributed by atoms with Crippen LogP contribution in [0.4, 0.5) is 30.7 Å². The summed E-state index contributed by atoms with van der Waals surface area (Å²) in [5.74, 6) is -11.3. The SMILES string of the molecule is FC(F)(F)C(F)(F)C(F)(F)/C=C/I. The quantitative estimate of drug-likeness (QED) is 0.536. The highest BCUT2D eigenvalue weighted by atomic mass is 127. The van der Waals surface area contributed by atoms with E-state index in [4.69, 9.17) is 0 Å². The topological polar surface area (TPSA) is 0 Å². The van der Waals surface area contributed by atoms with Crippen LogP contribution in [0.25, 0.3) is 0 Å². The molecule has 0 nitrogen and oxygen atoms in total. The second-order valence-electron chi connectivity index (χ2n) is 1.99. The van der Waals surface area contributed by atoms with Gasteiger partial charge in [0.15, 0.2) is 0 Å². The van der Waals surface area contributed by atoms with Gasteiger partial charge in [0.2, 0.25) is 0 Å². The molecule has 0 unspecified atom stereocenters. The van der Waals surface area contributed by atoms with Gasteiger partial charge in [-0.3, -0.25) is 0 Å². The fraction of sp³-hybridized carbons (Fsp3) is 0.600. The van der Waals surface area contributed by atoms with Gasteiger partial charge in [-0.15, -0.1) is 0 Å². The van der Waals surface area contributed by atoms with Gasteiger partial charge in [-0.05, 0) is 10.2 Å². The Morgan fingerprint density at radius 3 is 1.46 bits per heavy atom. The molecule has 0 saturated carbocycles. The van der Waals surface area contributed by atoms with Gasteiger partial charge < -0.3 is 0 Å². The van der Waals surface area contributed by atoms with Crippen molar-refractivity contribution in [1.29, 1.82) is 0 Å². The fourth-order valence-corrected chi connectivity index (χ4v) is 0.824. The molecular weight excluding hydrogens is 320 g/mol. The second-order valence-corrected chi connectivity index (χ2v) is 2.71. The minimum Gasteiger partial charge on any atom is -0.195 e. The van der Waals surface area contributed by atoms with Crippen LogP contribution < -0.4 is 0 Å². The average Bonchev–Trinajstić information content (AvgIpc) is 1.84. The maximum absolute atomic E-state index is 12.1. The third-order valence-corrected chi connectivity index (χ3v) is 1.41. The maximum Gasteiger partial charge on any atom is 0.460 e. The van der Waals surface area contributed by atoms with Crippen molar-refractivity contribution in [3.8, 4) is 0 Å². The van der Waals surface area contributed by atoms with Gasteiger partial charge in [-0.1, -0.05) is 22.6 Å². The van der Waals surface area contributed by atoms with Crippen LogP contribution in [-0.2, 0) is 0 Å². The van der Waals surface area contributed by atoms with Gasteiger partial charge in [0.1, 0.15) is 0 Å². The van der Waals surface area contributed by atoms with Crippen molar-refractivity contribution in [2.24, 2.45) is 0 Å². The molecule has 13 heavy (non-hydrogen) atoms. The van der Waals surface area contributed by atoms with E-state index in [2.05, 4.69) is 0 Å². The van der Waals surface area contributed by atoms with Crippen LogP contribution in [0.15, 0.2) is 10.2 Å². The molecule has 0 fully saturated rings. The zero-order valence-electron chi connectivity index (χ0n) is 5.68. The van der Waals surface area contributed by atoms with E-state index in [1.807, 2.05) is 0 Å². The van der Waals surface area contributed by atoms with Crippen molar-refractivity contribution in [1.82, 2.24) is 0 Å². The number of rotatable bonds is 2. The Kier molecular flexibility index (Phi) is 3.61. The van der Waals surface area contributed by atoms with E-state index in [9.17, 15) is 30.7 Å². The molecule has 78 valence electrons. The van der Waals surface area contributed by atoms with E-state index >= 15 is 0 Å². The number of alkyl halides is 7. The highest BCUT2D eigenvalue weighted by Crippen LogP contribution is 2.47. The highest BCUT2D eigenvalue weighted by Gasteiger charge is 2.71. The number of allylic oxidation sites excluding steroid dienone is 1. The first kappa shape index (κ1) is 13.0. The summed E-state index contributed by atoms with van der Waals surface area (Å²) in [6.45, 7) is 0. The van der Waals surface area contributed by atoms with Crippen molar-refractivity contribution < 1.29 is 30.7 Å². The molecule has 0 spiro atoms. The lowest BCUT2D eigenvalue weighted by Gasteiger charge is -2.25. The first-order chi connectivity index (χ1) is 5.56. The molecule has 0 aromatic rings. The zero-order chi connectivity index (χ0) is 10.9. The predicted molar refractivity (Wildman–Crippen MR) is 39.1 cm³/mol. The molecule has 0 radical (unpaired) electrons. The average molecular weight is 322 g/mol. The summed E-state index contributed by atoms with van der Waals surface area (Å²) >= 11 is 1.12. The van der Waals surface area contributed by atoms with Crippen molar-refractivity contribution in [3.05, 3.63) is 10.2 Å². The van der Waals surface area contributed by atoms with E-state index in [-0.39, 0.29) is 0 Å². The van der Waals surface area contributed by atoms with E-state index < -0.39 is 24.1 Å². The molecule has 0 atom stereocenters. The van der Waals surface area contributed by atoms with Gasteiger partial charge in [-0.2, -0.15) is 30.7 Å². The molecule has 0 rings (SSSR count). The number of hydrogen-bond donors (Lipinski definition) is 0. The van der Waals surface area contributed by atoms with Crippen molar-refractivity contribution >= 4 is 22.6 Å². The molecule has 0 aromatic carbocycles. The lowest BCUT2D eigenvalue weighted by Crippen LogP contribution is -2.50. The lowest BCUT2D eigenvalue weighted by atomic mass is 10.1. The summed E-state index contributed by atoms with van der Waals surface area (Å²) in [4.78, 5) is 0. The molecule has 0 aromatic heterocycles. The molecule has 0 amide bonds. The molecule has 8 heteroatoms. The molecule has 0 aliphatic carbocycles. The molecule has 0 aliphatic rings.